The number of nitrogens with two attached hydrogens (primary N) is 1. The van der Waals surface area contributed by atoms with Crippen LogP contribution in [0.25, 0.3) is 11.5 Å². The van der Waals surface area contributed by atoms with Gasteiger partial charge in [0.2, 0.25) is 0 Å². The Hall–Kier alpha value is -1.62. The number of nitrogen functional groups attached to an aromatic ring is 1. The Bertz CT molecular complexity index is 556. The molecule has 0 aliphatic rings. The fourth-order valence-corrected chi connectivity index (χ4v) is 2.50. The number of furan rings is 1. The van der Waals surface area contributed by atoms with Gasteiger partial charge in [0.1, 0.15) is 10.6 Å². The Kier molecular flexibility index (Phi) is 3.26. The molecule has 2 aromatic heterocycles. The van der Waals surface area contributed by atoms with Crippen molar-refractivity contribution in [1.29, 1.82) is 0 Å². The molecule has 2 rings (SSSR count). The lowest BCUT2D eigenvalue weighted by atomic mass is 9.84. The highest BCUT2D eigenvalue weighted by atomic mass is 32.1. The smallest absolute Gasteiger partial charge is 0.181 e. The molecule has 0 atom stereocenters. The van der Waals surface area contributed by atoms with E-state index < -0.39 is 5.41 Å². The molecule has 0 amide bonds. The number of aromatic nitrogens is 1. The zero-order valence-corrected chi connectivity index (χ0v) is 11.5. The number of anilines is 1. The summed E-state index contributed by atoms with van der Waals surface area (Å²) in [5.74, 6) is 0.642. The van der Waals surface area contributed by atoms with E-state index in [2.05, 4.69) is 4.98 Å². The predicted octanol–water partition coefficient (Wildman–Crippen LogP) is 3.60. The first-order chi connectivity index (χ1) is 8.45. The summed E-state index contributed by atoms with van der Waals surface area (Å²) in [5, 5.41) is 0.386. The summed E-state index contributed by atoms with van der Waals surface area (Å²) >= 11 is 1.22. The van der Waals surface area contributed by atoms with Gasteiger partial charge in [-0.25, -0.2) is 4.98 Å². The fraction of sp³-hybridized carbons (Fsp3) is 0.385. The number of hydrogen-bond donors (Lipinski definition) is 1. The third-order valence-electron chi connectivity index (χ3n) is 3.10. The molecule has 2 heterocycles. The summed E-state index contributed by atoms with van der Waals surface area (Å²) < 4.78 is 5.31. The summed E-state index contributed by atoms with van der Waals surface area (Å²) in [7, 11) is 0. The van der Waals surface area contributed by atoms with E-state index >= 15 is 0 Å². The molecule has 0 bridgehead atoms. The van der Waals surface area contributed by atoms with Crippen molar-refractivity contribution in [2.24, 2.45) is 5.41 Å². The molecule has 5 heteroatoms. The van der Waals surface area contributed by atoms with Crippen LogP contribution in [0.1, 0.15) is 36.9 Å². The van der Waals surface area contributed by atoms with Crippen LogP contribution in [0.4, 0.5) is 5.13 Å². The highest BCUT2D eigenvalue weighted by Crippen LogP contribution is 2.36. The predicted molar refractivity (Wildman–Crippen MR) is 72.6 cm³/mol. The number of ketones is 1. The van der Waals surface area contributed by atoms with Gasteiger partial charge in [-0.2, -0.15) is 0 Å². The maximum Gasteiger partial charge on any atom is 0.181 e. The normalized spacial score (nSPS) is 11.7. The van der Waals surface area contributed by atoms with Gasteiger partial charge in [-0.15, -0.1) is 0 Å². The number of hydrogen-bond acceptors (Lipinski definition) is 5. The summed E-state index contributed by atoms with van der Waals surface area (Å²) in [6, 6.07) is 3.55. The van der Waals surface area contributed by atoms with Crippen molar-refractivity contribution in [3.8, 4) is 11.5 Å². The first-order valence-electron chi connectivity index (χ1n) is 5.80. The van der Waals surface area contributed by atoms with Crippen molar-refractivity contribution in [2.75, 3.05) is 5.73 Å². The van der Waals surface area contributed by atoms with Crippen molar-refractivity contribution in [2.45, 2.75) is 27.2 Å². The molecular weight excluding hydrogens is 248 g/mol. The highest BCUT2D eigenvalue weighted by molar-refractivity contribution is 7.17. The molecule has 0 aliphatic carbocycles. The van der Waals surface area contributed by atoms with E-state index in [9.17, 15) is 4.79 Å². The van der Waals surface area contributed by atoms with Crippen molar-refractivity contribution < 1.29 is 9.21 Å². The molecule has 0 radical (unpaired) electrons. The molecule has 0 saturated carbocycles. The third kappa shape index (κ3) is 2.18. The second kappa shape index (κ2) is 4.57. The molecule has 2 N–H and O–H groups in total. The van der Waals surface area contributed by atoms with Crippen molar-refractivity contribution in [3.63, 3.8) is 0 Å². The number of nitrogens with zero attached hydrogens (tertiary/aromatic N) is 1. The number of rotatable bonds is 4. The number of carbonyl (C=O) groups is 1. The van der Waals surface area contributed by atoms with Gasteiger partial charge in [-0.05, 0) is 18.6 Å². The fourth-order valence-electron chi connectivity index (χ4n) is 1.54. The van der Waals surface area contributed by atoms with Gasteiger partial charge < -0.3 is 10.2 Å². The van der Waals surface area contributed by atoms with Gasteiger partial charge in [0.15, 0.2) is 16.7 Å². The van der Waals surface area contributed by atoms with Crippen LogP contribution in [0.5, 0.6) is 0 Å². The molecule has 0 aliphatic heterocycles. The minimum Gasteiger partial charge on any atom is -0.463 e. The van der Waals surface area contributed by atoms with Crippen LogP contribution in [0, 0.1) is 5.41 Å². The van der Waals surface area contributed by atoms with E-state index in [1.807, 2.05) is 20.8 Å². The van der Waals surface area contributed by atoms with E-state index in [-0.39, 0.29) is 5.78 Å². The molecule has 4 nitrogen and oxygen atoms in total. The average Bonchev–Trinajstić information content (AvgIpc) is 2.96. The Balaban J connectivity index is 2.49. The van der Waals surface area contributed by atoms with Gasteiger partial charge in [0.05, 0.1) is 6.26 Å². The van der Waals surface area contributed by atoms with Crippen LogP contribution in [0.15, 0.2) is 22.8 Å². The van der Waals surface area contributed by atoms with Crippen LogP contribution in [0.3, 0.4) is 0 Å². The molecule has 2 aromatic rings. The first kappa shape index (κ1) is 12.8. The van der Waals surface area contributed by atoms with Gasteiger partial charge in [0, 0.05) is 5.41 Å². The lowest BCUT2D eigenvalue weighted by molar-refractivity contribution is 0.0838. The van der Waals surface area contributed by atoms with Gasteiger partial charge >= 0.3 is 0 Å². The molecular formula is C13H16N2O2S. The summed E-state index contributed by atoms with van der Waals surface area (Å²) in [6.45, 7) is 5.85. The standard InChI is InChI=1S/C13H16N2O2S/c1-4-13(2,3)11(16)10-9(15-12(14)18-10)8-6-5-7-17-8/h5-7H,4H2,1-3H3,(H2,14,15). The van der Waals surface area contributed by atoms with Gasteiger partial charge in [-0.3, -0.25) is 4.79 Å². The monoisotopic (exact) mass is 264 g/mol. The van der Waals surface area contributed by atoms with Crippen LogP contribution in [-0.2, 0) is 0 Å². The molecule has 0 unspecified atom stereocenters. The Morgan fingerprint density at radius 2 is 2.28 bits per heavy atom. The number of carbonyl (C=O) groups excluding carboxylic acids is 1. The minimum atomic E-state index is -0.416. The maximum absolute atomic E-state index is 12.5. The Morgan fingerprint density at radius 3 is 2.83 bits per heavy atom. The first-order valence-corrected chi connectivity index (χ1v) is 6.62. The SMILES string of the molecule is CCC(C)(C)C(=O)c1sc(N)nc1-c1ccco1. The summed E-state index contributed by atoms with van der Waals surface area (Å²) in [4.78, 5) is 17.3. The van der Waals surface area contributed by atoms with E-state index in [4.69, 9.17) is 10.2 Å². The van der Waals surface area contributed by atoms with E-state index in [0.717, 1.165) is 6.42 Å². The highest BCUT2D eigenvalue weighted by Gasteiger charge is 2.31. The minimum absolute atomic E-state index is 0.0607. The average molecular weight is 264 g/mol. The second-order valence-corrected chi connectivity index (χ2v) is 5.80. The molecule has 0 aromatic carbocycles. The van der Waals surface area contributed by atoms with Crippen LogP contribution < -0.4 is 5.73 Å². The topological polar surface area (TPSA) is 69.1 Å². The summed E-state index contributed by atoms with van der Waals surface area (Å²) in [5.41, 5.74) is 5.86. The van der Waals surface area contributed by atoms with Crippen LogP contribution in [0.2, 0.25) is 0 Å². The largest absolute Gasteiger partial charge is 0.463 e. The summed E-state index contributed by atoms with van der Waals surface area (Å²) in [6.07, 6.45) is 2.32. The van der Waals surface area contributed by atoms with Crippen molar-refractivity contribution in [1.82, 2.24) is 4.98 Å². The van der Waals surface area contributed by atoms with Gasteiger partial charge in [0.25, 0.3) is 0 Å². The zero-order valence-electron chi connectivity index (χ0n) is 10.7. The molecule has 0 fully saturated rings. The van der Waals surface area contributed by atoms with E-state index in [0.29, 0.717) is 21.5 Å². The van der Waals surface area contributed by atoms with E-state index in [1.54, 1.807) is 18.4 Å². The van der Waals surface area contributed by atoms with Crippen molar-refractivity contribution >= 4 is 22.3 Å². The lowest BCUT2D eigenvalue weighted by Crippen LogP contribution is -2.22. The molecule has 0 saturated heterocycles. The van der Waals surface area contributed by atoms with E-state index in [1.165, 1.54) is 11.3 Å². The number of thiazole rings is 1. The molecule has 96 valence electrons. The van der Waals surface area contributed by atoms with Gasteiger partial charge in [-0.1, -0.05) is 32.1 Å². The third-order valence-corrected chi connectivity index (χ3v) is 3.99. The lowest BCUT2D eigenvalue weighted by Gasteiger charge is -2.19. The van der Waals surface area contributed by atoms with Crippen LogP contribution >= 0.6 is 11.3 Å². The second-order valence-electron chi connectivity index (χ2n) is 4.77. The molecule has 0 spiro atoms. The number of Topliss-reactive ketones (excluding diaryl/α,β-unsaturated/α-hetero) is 1. The zero-order chi connectivity index (χ0) is 13.3. The Labute approximate surface area is 110 Å². The van der Waals surface area contributed by atoms with Crippen molar-refractivity contribution in [3.05, 3.63) is 23.3 Å². The maximum atomic E-state index is 12.5. The van der Waals surface area contributed by atoms with Crippen LogP contribution in [-0.4, -0.2) is 10.8 Å². The molecule has 18 heavy (non-hydrogen) atoms. The Morgan fingerprint density at radius 1 is 1.56 bits per heavy atom. The quantitative estimate of drug-likeness (QED) is 0.856.